The summed E-state index contributed by atoms with van der Waals surface area (Å²) in [7, 11) is 1.63. The summed E-state index contributed by atoms with van der Waals surface area (Å²) in [6.45, 7) is 1.99. The van der Waals surface area contributed by atoms with Gasteiger partial charge in [-0.15, -0.1) is 0 Å². The topological polar surface area (TPSA) is 43.4 Å². The third-order valence-corrected chi connectivity index (χ3v) is 4.33. The first kappa shape index (κ1) is 15.3. The van der Waals surface area contributed by atoms with Crippen molar-refractivity contribution in [2.75, 3.05) is 20.2 Å². The van der Waals surface area contributed by atoms with Crippen LogP contribution in [0.1, 0.15) is 18.1 Å². The molecular weight excluding hydrogens is 344 g/mol. The normalized spacial score (nSPS) is 18.9. The number of benzene rings is 1. The number of ether oxygens (including phenoxy) is 2. The van der Waals surface area contributed by atoms with E-state index in [2.05, 4.69) is 38.4 Å². The Labute approximate surface area is 139 Å². The summed E-state index contributed by atoms with van der Waals surface area (Å²) >= 11 is 3.41. The average Bonchev–Trinajstić information content (AvgIpc) is 3.08. The molecule has 0 aliphatic carbocycles. The average molecular weight is 363 g/mol. The minimum Gasteiger partial charge on any atom is -0.491 e. The summed E-state index contributed by atoms with van der Waals surface area (Å²) < 4.78 is 12.5. The molecule has 1 aromatic heterocycles. The zero-order valence-electron chi connectivity index (χ0n) is 12.5. The van der Waals surface area contributed by atoms with Crippen molar-refractivity contribution in [2.24, 2.45) is 5.92 Å². The lowest BCUT2D eigenvalue weighted by Gasteiger charge is -2.25. The Morgan fingerprint density at radius 1 is 1.32 bits per heavy atom. The third-order valence-electron chi connectivity index (χ3n) is 3.90. The van der Waals surface area contributed by atoms with Crippen molar-refractivity contribution in [3.05, 3.63) is 52.6 Å². The van der Waals surface area contributed by atoms with Crippen LogP contribution in [0.5, 0.6) is 11.6 Å². The monoisotopic (exact) mass is 362 g/mol. The first-order valence-electron chi connectivity index (χ1n) is 7.40. The van der Waals surface area contributed by atoms with E-state index in [9.17, 15) is 0 Å². The van der Waals surface area contributed by atoms with Crippen LogP contribution in [0.25, 0.3) is 0 Å². The first-order chi connectivity index (χ1) is 10.8. The zero-order chi connectivity index (χ0) is 15.4. The van der Waals surface area contributed by atoms with Gasteiger partial charge in [0.2, 0.25) is 0 Å². The SMILES string of the molecule is COc1cc(Br)cnc1OC(c1ccccc1)[C@H]1CCNC1. The van der Waals surface area contributed by atoms with Crippen LogP contribution >= 0.6 is 15.9 Å². The lowest BCUT2D eigenvalue weighted by Crippen LogP contribution is -2.22. The molecule has 0 radical (unpaired) electrons. The summed E-state index contributed by atoms with van der Waals surface area (Å²) in [5.74, 6) is 1.60. The molecule has 0 spiro atoms. The summed E-state index contributed by atoms with van der Waals surface area (Å²) in [5, 5.41) is 3.41. The van der Waals surface area contributed by atoms with E-state index in [4.69, 9.17) is 9.47 Å². The fourth-order valence-electron chi connectivity index (χ4n) is 2.78. The number of pyridine rings is 1. The van der Waals surface area contributed by atoms with Crippen LogP contribution in [0.3, 0.4) is 0 Å². The van der Waals surface area contributed by atoms with Gasteiger partial charge in [0.05, 0.1) is 7.11 Å². The molecule has 1 saturated heterocycles. The van der Waals surface area contributed by atoms with Crippen LogP contribution in [-0.4, -0.2) is 25.2 Å². The molecule has 3 rings (SSSR count). The van der Waals surface area contributed by atoms with Crippen LogP contribution in [0.4, 0.5) is 0 Å². The molecule has 4 nitrogen and oxygen atoms in total. The van der Waals surface area contributed by atoms with Gasteiger partial charge in [-0.25, -0.2) is 4.98 Å². The van der Waals surface area contributed by atoms with E-state index in [0.717, 1.165) is 24.0 Å². The fraction of sp³-hybridized carbons (Fsp3) is 0.353. The van der Waals surface area contributed by atoms with E-state index >= 15 is 0 Å². The number of halogens is 1. The maximum Gasteiger partial charge on any atom is 0.257 e. The number of aromatic nitrogens is 1. The van der Waals surface area contributed by atoms with Crippen molar-refractivity contribution >= 4 is 15.9 Å². The van der Waals surface area contributed by atoms with Gasteiger partial charge in [0.1, 0.15) is 6.10 Å². The molecule has 1 aromatic carbocycles. The molecule has 0 saturated carbocycles. The molecule has 5 heteroatoms. The Bertz CT molecular complexity index is 615. The lowest BCUT2D eigenvalue weighted by atomic mass is 9.95. The molecule has 22 heavy (non-hydrogen) atoms. The van der Waals surface area contributed by atoms with Crippen LogP contribution in [0.2, 0.25) is 0 Å². The van der Waals surface area contributed by atoms with Crippen molar-refractivity contribution in [3.63, 3.8) is 0 Å². The van der Waals surface area contributed by atoms with Crippen molar-refractivity contribution in [3.8, 4) is 11.6 Å². The molecule has 1 aliphatic rings. The molecule has 2 atom stereocenters. The maximum absolute atomic E-state index is 6.26. The smallest absolute Gasteiger partial charge is 0.257 e. The Hall–Kier alpha value is -1.59. The molecule has 1 aliphatic heterocycles. The van der Waals surface area contributed by atoms with Gasteiger partial charge in [0.25, 0.3) is 5.88 Å². The van der Waals surface area contributed by atoms with Gasteiger partial charge in [0.15, 0.2) is 5.75 Å². The molecule has 1 unspecified atom stereocenters. The molecule has 1 N–H and O–H groups in total. The number of rotatable bonds is 5. The second-order valence-corrected chi connectivity index (χ2v) is 6.28. The second kappa shape index (κ2) is 7.11. The van der Waals surface area contributed by atoms with Crippen molar-refractivity contribution < 1.29 is 9.47 Å². The van der Waals surface area contributed by atoms with E-state index in [1.54, 1.807) is 13.3 Å². The predicted molar refractivity (Wildman–Crippen MR) is 89.3 cm³/mol. The van der Waals surface area contributed by atoms with E-state index in [-0.39, 0.29) is 6.10 Å². The number of methoxy groups -OCH3 is 1. The van der Waals surface area contributed by atoms with Gasteiger partial charge in [-0.3, -0.25) is 0 Å². The van der Waals surface area contributed by atoms with Crippen molar-refractivity contribution in [1.82, 2.24) is 10.3 Å². The number of hydrogen-bond donors (Lipinski definition) is 1. The van der Waals surface area contributed by atoms with Gasteiger partial charge in [-0.05, 0) is 34.5 Å². The molecule has 1 fully saturated rings. The van der Waals surface area contributed by atoms with Crippen LogP contribution in [0.15, 0.2) is 47.1 Å². The highest BCUT2D eigenvalue weighted by Crippen LogP contribution is 2.35. The number of nitrogens with one attached hydrogen (secondary N) is 1. The Kier molecular flexibility index (Phi) is 4.95. The number of hydrogen-bond acceptors (Lipinski definition) is 4. The standard InChI is InChI=1S/C17H19BrN2O2/c1-21-15-9-14(18)11-20-17(15)22-16(13-7-8-19-10-13)12-5-3-2-4-6-12/h2-6,9,11,13,16,19H,7-8,10H2,1H3/t13-,16?/m0/s1. The molecule has 2 heterocycles. The van der Waals surface area contributed by atoms with E-state index in [0.29, 0.717) is 17.5 Å². The van der Waals surface area contributed by atoms with Crippen LogP contribution in [0, 0.1) is 5.92 Å². The Morgan fingerprint density at radius 3 is 2.82 bits per heavy atom. The van der Waals surface area contributed by atoms with Gasteiger partial charge < -0.3 is 14.8 Å². The lowest BCUT2D eigenvalue weighted by molar-refractivity contribution is 0.132. The fourth-order valence-corrected chi connectivity index (χ4v) is 3.09. The van der Waals surface area contributed by atoms with Gasteiger partial charge in [-0.2, -0.15) is 0 Å². The highest BCUT2D eigenvalue weighted by Gasteiger charge is 2.29. The van der Waals surface area contributed by atoms with E-state index < -0.39 is 0 Å². The second-order valence-electron chi connectivity index (χ2n) is 5.36. The van der Waals surface area contributed by atoms with Crippen LogP contribution in [-0.2, 0) is 0 Å². The third kappa shape index (κ3) is 3.42. The Balaban J connectivity index is 1.90. The van der Waals surface area contributed by atoms with Crippen molar-refractivity contribution in [2.45, 2.75) is 12.5 Å². The highest BCUT2D eigenvalue weighted by atomic mass is 79.9. The predicted octanol–water partition coefficient (Wildman–Crippen LogP) is 3.58. The maximum atomic E-state index is 6.26. The van der Waals surface area contributed by atoms with Crippen LogP contribution < -0.4 is 14.8 Å². The van der Waals surface area contributed by atoms with E-state index in [1.807, 2.05) is 24.3 Å². The highest BCUT2D eigenvalue weighted by molar-refractivity contribution is 9.10. The minimum atomic E-state index is -0.0289. The molecule has 0 amide bonds. The van der Waals surface area contributed by atoms with Gasteiger partial charge in [-0.1, -0.05) is 30.3 Å². The molecule has 2 aromatic rings. The van der Waals surface area contributed by atoms with Crippen molar-refractivity contribution in [1.29, 1.82) is 0 Å². The molecule has 0 bridgehead atoms. The quantitative estimate of drug-likeness (QED) is 0.882. The Morgan fingerprint density at radius 2 is 2.14 bits per heavy atom. The summed E-state index contributed by atoms with van der Waals surface area (Å²) in [4.78, 5) is 4.37. The van der Waals surface area contributed by atoms with Gasteiger partial charge in [0, 0.05) is 29.2 Å². The number of nitrogens with zero attached hydrogens (tertiary/aromatic N) is 1. The zero-order valence-corrected chi connectivity index (χ0v) is 14.0. The summed E-state index contributed by atoms with van der Waals surface area (Å²) in [5.41, 5.74) is 1.17. The molecule has 116 valence electrons. The summed E-state index contributed by atoms with van der Waals surface area (Å²) in [6.07, 6.45) is 2.80. The first-order valence-corrected chi connectivity index (χ1v) is 8.19. The van der Waals surface area contributed by atoms with Gasteiger partial charge >= 0.3 is 0 Å². The van der Waals surface area contributed by atoms with E-state index in [1.165, 1.54) is 5.56 Å². The summed E-state index contributed by atoms with van der Waals surface area (Å²) in [6, 6.07) is 12.2. The largest absolute Gasteiger partial charge is 0.491 e. The molecular formula is C17H19BrN2O2. The minimum absolute atomic E-state index is 0.0289.